The first kappa shape index (κ1) is 15.7. The Kier molecular flexibility index (Phi) is 5.35. The minimum absolute atomic E-state index is 0.134. The highest BCUT2D eigenvalue weighted by Gasteiger charge is 2.14. The van der Waals surface area contributed by atoms with Gasteiger partial charge in [0, 0.05) is 13.1 Å². The van der Waals surface area contributed by atoms with Crippen molar-refractivity contribution in [3.63, 3.8) is 0 Å². The summed E-state index contributed by atoms with van der Waals surface area (Å²) in [6, 6.07) is 20.1. The fourth-order valence-corrected chi connectivity index (χ4v) is 2.76. The number of rotatable bonds is 5. The van der Waals surface area contributed by atoms with Crippen molar-refractivity contribution >= 4 is 11.4 Å². The van der Waals surface area contributed by atoms with Crippen molar-refractivity contribution in [2.45, 2.75) is 0 Å². The topological polar surface area (TPSA) is 29.5 Å². The van der Waals surface area contributed by atoms with Crippen molar-refractivity contribution < 1.29 is 9.53 Å². The zero-order chi connectivity index (χ0) is 15.9. The van der Waals surface area contributed by atoms with Gasteiger partial charge < -0.3 is 4.74 Å². The third kappa shape index (κ3) is 4.38. The number of hydrogen-bond acceptors (Lipinski definition) is 3. The summed E-state index contributed by atoms with van der Waals surface area (Å²) in [4.78, 5) is 14.7. The number of ether oxygens (including phenoxy) is 1. The molecule has 0 saturated carbocycles. The van der Waals surface area contributed by atoms with Gasteiger partial charge in [0.15, 0.2) is 5.78 Å². The molecule has 0 aliphatic carbocycles. The van der Waals surface area contributed by atoms with E-state index in [1.165, 1.54) is 0 Å². The van der Waals surface area contributed by atoms with Crippen molar-refractivity contribution in [1.29, 1.82) is 0 Å². The summed E-state index contributed by atoms with van der Waals surface area (Å²) in [6.07, 6.45) is 1.78. The van der Waals surface area contributed by atoms with E-state index in [-0.39, 0.29) is 5.78 Å². The van der Waals surface area contributed by atoms with Gasteiger partial charge >= 0.3 is 0 Å². The summed E-state index contributed by atoms with van der Waals surface area (Å²) in [6.45, 7) is 3.52. The molecule has 2 aromatic rings. The summed E-state index contributed by atoms with van der Waals surface area (Å²) in [5.41, 5.74) is 3.10. The fourth-order valence-electron chi connectivity index (χ4n) is 2.76. The van der Waals surface area contributed by atoms with Gasteiger partial charge in [0.1, 0.15) is 0 Å². The lowest BCUT2D eigenvalue weighted by molar-refractivity contribution is -0.116. The molecule has 0 amide bonds. The molecular weight excluding hydrogens is 286 g/mol. The minimum Gasteiger partial charge on any atom is -0.379 e. The first-order chi connectivity index (χ1) is 11.3. The fraction of sp³-hybridized carbons (Fsp3) is 0.250. The molecule has 1 fully saturated rings. The molecule has 3 nitrogen and oxygen atoms in total. The van der Waals surface area contributed by atoms with Gasteiger partial charge in [0.2, 0.25) is 0 Å². The van der Waals surface area contributed by atoms with Gasteiger partial charge in [-0.3, -0.25) is 9.69 Å². The molecule has 0 spiro atoms. The van der Waals surface area contributed by atoms with Gasteiger partial charge in [-0.1, -0.05) is 60.7 Å². The van der Waals surface area contributed by atoms with Crippen LogP contribution in [0.4, 0.5) is 0 Å². The lowest BCUT2D eigenvalue weighted by atomic mass is 9.96. The van der Waals surface area contributed by atoms with Crippen LogP contribution in [0, 0.1) is 0 Å². The van der Waals surface area contributed by atoms with Crippen LogP contribution in [0.1, 0.15) is 11.1 Å². The van der Waals surface area contributed by atoms with Gasteiger partial charge in [0.25, 0.3) is 0 Å². The maximum Gasteiger partial charge on any atom is 0.170 e. The van der Waals surface area contributed by atoms with Gasteiger partial charge in [-0.15, -0.1) is 0 Å². The van der Waals surface area contributed by atoms with Crippen molar-refractivity contribution in [1.82, 2.24) is 4.90 Å². The van der Waals surface area contributed by atoms with E-state index in [2.05, 4.69) is 4.90 Å². The SMILES string of the molecule is O=C(C=C(c1ccccc1)c1ccccc1)CN1CCOCC1. The predicted molar refractivity (Wildman–Crippen MR) is 92.2 cm³/mol. The van der Waals surface area contributed by atoms with Gasteiger partial charge in [0.05, 0.1) is 19.8 Å². The van der Waals surface area contributed by atoms with Crippen LogP contribution in [0.5, 0.6) is 0 Å². The summed E-state index contributed by atoms with van der Waals surface area (Å²) >= 11 is 0. The molecule has 23 heavy (non-hydrogen) atoms. The Morgan fingerprint density at radius 1 is 0.913 bits per heavy atom. The molecule has 1 aliphatic rings. The number of ketones is 1. The Hall–Kier alpha value is -2.23. The van der Waals surface area contributed by atoms with E-state index < -0.39 is 0 Å². The maximum atomic E-state index is 12.5. The number of carbonyl (C=O) groups is 1. The summed E-state index contributed by atoms with van der Waals surface area (Å²) in [5, 5.41) is 0. The Morgan fingerprint density at radius 3 is 1.96 bits per heavy atom. The number of carbonyl (C=O) groups excluding carboxylic acids is 1. The molecule has 3 heteroatoms. The molecule has 0 radical (unpaired) electrons. The average molecular weight is 307 g/mol. The molecule has 1 saturated heterocycles. The maximum absolute atomic E-state index is 12.5. The summed E-state index contributed by atoms with van der Waals surface area (Å²) in [5.74, 6) is 0.134. The van der Waals surface area contributed by atoms with E-state index in [1.54, 1.807) is 6.08 Å². The second-order valence-electron chi connectivity index (χ2n) is 5.64. The van der Waals surface area contributed by atoms with Crippen LogP contribution >= 0.6 is 0 Å². The first-order valence-corrected chi connectivity index (χ1v) is 7.98. The Bertz CT molecular complexity index is 617. The molecule has 0 aromatic heterocycles. The lowest BCUT2D eigenvalue weighted by Gasteiger charge is -2.25. The third-order valence-electron chi connectivity index (χ3n) is 3.96. The zero-order valence-corrected chi connectivity index (χ0v) is 13.2. The third-order valence-corrected chi connectivity index (χ3v) is 3.96. The number of hydrogen-bond donors (Lipinski definition) is 0. The second-order valence-corrected chi connectivity index (χ2v) is 5.64. The molecule has 2 aromatic carbocycles. The first-order valence-electron chi connectivity index (χ1n) is 7.98. The molecule has 118 valence electrons. The molecule has 0 unspecified atom stereocenters. The molecular formula is C20H21NO2. The van der Waals surface area contributed by atoms with Crippen LogP contribution < -0.4 is 0 Å². The second kappa shape index (κ2) is 7.86. The van der Waals surface area contributed by atoms with Crippen molar-refractivity contribution in [2.75, 3.05) is 32.8 Å². The highest BCUT2D eigenvalue weighted by molar-refractivity contribution is 6.01. The minimum atomic E-state index is 0.134. The van der Waals surface area contributed by atoms with E-state index in [0.29, 0.717) is 19.8 Å². The molecule has 1 aliphatic heterocycles. The summed E-state index contributed by atoms with van der Waals surface area (Å²) in [7, 11) is 0. The largest absolute Gasteiger partial charge is 0.379 e. The van der Waals surface area contributed by atoms with E-state index in [9.17, 15) is 4.79 Å². The van der Waals surface area contributed by atoms with Crippen LogP contribution in [0.3, 0.4) is 0 Å². The van der Waals surface area contributed by atoms with Crippen molar-refractivity contribution in [3.8, 4) is 0 Å². The molecule has 0 N–H and O–H groups in total. The Balaban J connectivity index is 1.84. The molecule has 1 heterocycles. The van der Waals surface area contributed by atoms with E-state index in [0.717, 1.165) is 29.8 Å². The lowest BCUT2D eigenvalue weighted by Crippen LogP contribution is -2.39. The standard InChI is InChI=1S/C20H21NO2/c22-19(16-21-11-13-23-14-12-21)15-20(17-7-3-1-4-8-17)18-9-5-2-6-10-18/h1-10,15H,11-14,16H2. The van der Waals surface area contributed by atoms with Gasteiger partial charge in [-0.25, -0.2) is 0 Å². The van der Waals surface area contributed by atoms with Crippen molar-refractivity contribution in [3.05, 3.63) is 77.9 Å². The Morgan fingerprint density at radius 2 is 1.43 bits per heavy atom. The van der Waals surface area contributed by atoms with Crippen molar-refractivity contribution in [2.24, 2.45) is 0 Å². The summed E-state index contributed by atoms with van der Waals surface area (Å²) < 4.78 is 5.33. The van der Waals surface area contributed by atoms with Gasteiger partial charge in [-0.2, -0.15) is 0 Å². The van der Waals surface area contributed by atoms with Crippen LogP contribution in [-0.4, -0.2) is 43.5 Å². The molecule has 0 atom stereocenters. The molecule has 3 rings (SSSR count). The van der Waals surface area contributed by atoms with Crippen LogP contribution in [0.25, 0.3) is 5.57 Å². The monoisotopic (exact) mass is 307 g/mol. The highest BCUT2D eigenvalue weighted by Crippen LogP contribution is 2.23. The zero-order valence-electron chi connectivity index (χ0n) is 13.2. The van der Waals surface area contributed by atoms with Crippen LogP contribution in [0.15, 0.2) is 66.7 Å². The Labute approximate surface area is 137 Å². The molecule has 0 bridgehead atoms. The number of benzene rings is 2. The predicted octanol–water partition coefficient (Wildman–Crippen LogP) is 3.02. The van der Waals surface area contributed by atoms with Crippen LogP contribution in [-0.2, 0) is 9.53 Å². The normalized spacial score (nSPS) is 15.1. The van der Waals surface area contributed by atoms with E-state index in [1.807, 2.05) is 60.7 Å². The van der Waals surface area contributed by atoms with Gasteiger partial charge in [-0.05, 0) is 22.8 Å². The van der Waals surface area contributed by atoms with E-state index >= 15 is 0 Å². The van der Waals surface area contributed by atoms with Crippen LogP contribution in [0.2, 0.25) is 0 Å². The van der Waals surface area contributed by atoms with E-state index in [4.69, 9.17) is 4.74 Å². The highest BCUT2D eigenvalue weighted by atomic mass is 16.5. The quantitative estimate of drug-likeness (QED) is 0.795. The average Bonchev–Trinajstić information content (AvgIpc) is 2.62. The number of nitrogens with zero attached hydrogens (tertiary/aromatic N) is 1. The number of morpholine rings is 1. The smallest absolute Gasteiger partial charge is 0.170 e.